The van der Waals surface area contributed by atoms with Gasteiger partial charge in [-0.1, -0.05) is 60.7 Å². The molecule has 0 bridgehead atoms. The Hall–Kier alpha value is -2.75. The van der Waals surface area contributed by atoms with E-state index in [0.717, 1.165) is 21.7 Å². The Morgan fingerprint density at radius 3 is 2.09 bits per heavy atom. The molecule has 2 aromatic rings. The molecule has 0 aliphatic heterocycles. The summed E-state index contributed by atoms with van der Waals surface area (Å²) in [6.07, 6.45) is 1.33. The fourth-order valence-electron chi connectivity index (χ4n) is 3.13. The maximum absolute atomic E-state index is 13.3. The van der Waals surface area contributed by atoms with E-state index in [4.69, 9.17) is 4.74 Å². The smallest absolute Gasteiger partial charge is 0.243 e. The summed E-state index contributed by atoms with van der Waals surface area (Å²) in [5.74, 6) is -0.776. The zero-order valence-electron chi connectivity index (χ0n) is 18.7. The molecule has 9 heteroatoms. The van der Waals surface area contributed by atoms with Crippen LogP contribution in [0.4, 0.5) is 0 Å². The molecule has 0 spiro atoms. The van der Waals surface area contributed by atoms with Gasteiger partial charge in [-0.05, 0) is 11.1 Å². The summed E-state index contributed by atoms with van der Waals surface area (Å²) < 4.78 is 29.8. The van der Waals surface area contributed by atoms with E-state index in [-0.39, 0.29) is 19.0 Å². The van der Waals surface area contributed by atoms with Gasteiger partial charge < -0.3 is 15.0 Å². The monoisotopic (exact) mass is 461 g/mol. The van der Waals surface area contributed by atoms with Crippen LogP contribution in [0.2, 0.25) is 0 Å². The summed E-state index contributed by atoms with van der Waals surface area (Å²) in [4.78, 5) is 27.9. The van der Waals surface area contributed by atoms with Crippen LogP contribution in [-0.2, 0) is 37.3 Å². The number of carbonyl (C=O) groups excluding carboxylic acids is 2. The highest BCUT2D eigenvalue weighted by atomic mass is 32.2. The van der Waals surface area contributed by atoms with Gasteiger partial charge in [0, 0.05) is 33.7 Å². The van der Waals surface area contributed by atoms with E-state index in [9.17, 15) is 18.0 Å². The van der Waals surface area contributed by atoms with Gasteiger partial charge in [-0.25, -0.2) is 8.42 Å². The Bertz CT molecular complexity index is 968. The highest BCUT2D eigenvalue weighted by molar-refractivity contribution is 7.88. The Morgan fingerprint density at radius 2 is 1.56 bits per heavy atom. The molecule has 0 aliphatic rings. The lowest BCUT2D eigenvalue weighted by atomic mass is 10.0. The second kappa shape index (κ2) is 12.3. The van der Waals surface area contributed by atoms with Gasteiger partial charge in [0.2, 0.25) is 21.8 Å². The average molecular weight is 462 g/mol. The molecule has 1 atom stereocenters. The molecule has 0 radical (unpaired) electrons. The molecule has 0 aliphatic carbocycles. The molecule has 1 N–H and O–H groups in total. The first kappa shape index (κ1) is 25.5. The Kier molecular flexibility index (Phi) is 9.83. The Labute approximate surface area is 190 Å². The van der Waals surface area contributed by atoms with Crippen molar-refractivity contribution in [1.29, 1.82) is 0 Å². The number of nitrogens with zero attached hydrogens (tertiary/aromatic N) is 2. The lowest BCUT2D eigenvalue weighted by Gasteiger charge is -2.32. The number of rotatable bonds is 12. The van der Waals surface area contributed by atoms with Crippen LogP contribution in [0, 0.1) is 0 Å². The summed E-state index contributed by atoms with van der Waals surface area (Å²) >= 11 is 0. The number of carbonyl (C=O) groups is 2. The number of hydrogen-bond acceptors (Lipinski definition) is 5. The van der Waals surface area contributed by atoms with Crippen molar-refractivity contribution in [3.63, 3.8) is 0 Å². The zero-order chi connectivity index (χ0) is 23.6. The Balaban J connectivity index is 2.38. The molecule has 2 rings (SSSR count). The van der Waals surface area contributed by atoms with Crippen LogP contribution in [-0.4, -0.2) is 75.6 Å². The first-order valence-corrected chi connectivity index (χ1v) is 12.1. The van der Waals surface area contributed by atoms with Gasteiger partial charge in [0.25, 0.3) is 0 Å². The third-order valence-corrected chi connectivity index (χ3v) is 6.26. The number of methoxy groups -OCH3 is 1. The van der Waals surface area contributed by atoms with Crippen LogP contribution >= 0.6 is 0 Å². The molecule has 0 aromatic heterocycles. The van der Waals surface area contributed by atoms with E-state index < -0.39 is 22.0 Å². The van der Waals surface area contributed by atoms with Crippen molar-refractivity contribution in [3.05, 3.63) is 71.8 Å². The van der Waals surface area contributed by atoms with Crippen molar-refractivity contribution in [1.82, 2.24) is 14.5 Å². The van der Waals surface area contributed by atoms with Gasteiger partial charge in [0.05, 0.1) is 19.4 Å². The summed E-state index contributed by atoms with van der Waals surface area (Å²) in [6.45, 7) is 0.458. The van der Waals surface area contributed by atoms with E-state index in [0.29, 0.717) is 19.6 Å². The van der Waals surface area contributed by atoms with Crippen molar-refractivity contribution in [2.24, 2.45) is 0 Å². The van der Waals surface area contributed by atoms with Crippen LogP contribution in [0.3, 0.4) is 0 Å². The molecular weight excluding hydrogens is 430 g/mol. The van der Waals surface area contributed by atoms with Crippen LogP contribution in [0.1, 0.15) is 11.1 Å². The second-order valence-electron chi connectivity index (χ2n) is 7.52. The molecule has 32 heavy (non-hydrogen) atoms. The van der Waals surface area contributed by atoms with Crippen molar-refractivity contribution in [2.45, 2.75) is 19.0 Å². The average Bonchev–Trinajstić information content (AvgIpc) is 2.77. The Morgan fingerprint density at radius 1 is 1.00 bits per heavy atom. The maximum atomic E-state index is 13.3. The number of sulfonamides is 1. The van der Waals surface area contributed by atoms with Gasteiger partial charge in [0.1, 0.15) is 6.04 Å². The van der Waals surface area contributed by atoms with Crippen molar-refractivity contribution >= 4 is 21.8 Å². The number of likely N-dealkylation sites (N-methyl/N-ethyl adjacent to an activating group) is 1. The lowest BCUT2D eigenvalue weighted by Crippen LogP contribution is -2.53. The number of hydrogen-bond donors (Lipinski definition) is 1. The topological polar surface area (TPSA) is 96.0 Å². The van der Waals surface area contributed by atoms with Gasteiger partial charge in [-0.15, -0.1) is 0 Å². The normalized spacial score (nSPS) is 12.4. The van der Waals surface area contributed by atoms with Crippen LogP contribution in [0.5, 0.6) is 0 Å². The minimum atomic E-state index is -3.56. The number of benzene rings is 2. The van der Waals surface area contributed by atoms with Gasteiger partial charge >= 0.3 is 0 Å². The fourth-order valence-corrected chi connectivity index (χ4v) is 3.47. The van der Waals surface area contributed by atoms with Crippen molar-refractivity contribution in [3.8, 4) is 0 Å². The van der Waals surface area contributed by atoms with Crippen molar-refractivity contribution in [2.75, 3.05) is 40.1 Å². The fraction of sp³-hybridized carbons (Fsp3) is 0.391. The van der Waals surface area contributed by atoms with Crippen LogP contribution in [0.25, 0.3) is 0 Å². The minimum Gasteiger partial charge on any atom is -0.383 e. The first-order chi connectivity index (χ1) is 15.2. The number of nitrogens with one attached hydrogen (secondary N) is 1. The van der Waals surface area contributed by atoms with E-state index in [2.05, 4.69) is 5.32 Å². The highest BCUT2D eigenvalue weighted by Crippen LogP contribution is 2.15. The minimum absolute atomic E-state index is 0.173. The van der Waals surface area contributed by atoms with E-state index in [1.54, 1.807) is 7.11 Å². The van der Waals surface area contributed by atoms with Gasteiger partial charge in [0.15, 0.2) is 0 Å². The summed E-state index contributed by atoms with van der Waals surface area (Å²) in [7, 11) is -0.670. The molecule has 2 aromatic carbocycles. The standard InChI is InChI=1S/C23H31N3O5S/c1-25(32(3,29)30)18-22(27)26(17-20-12-8-5-9-13-20)21(23(28)24-14-15-31-2)16-19-10-6-4-7-11-19/h4-13,21H,14-18H2,1-3H3,(H,24,28). The predicted octanol–water partition coefficient (Wildman–Crippen LogP) is 1.28. The zero-order valence-corrected chi connectivity index (χ0v) is 19.5. The van der Waals surface area contributed by atoms with E-state index in [1.807, 2.05) is 60.7 Å². The van der Waals surface area contributed by atoms with E-state index in [1.165, 1.54) is 11.9 Å². The SMILES string of the molecule is COCCNC(=O)C(Cc1ccccc1)N(Cc1ccccc1)C(=O)CN(C)S(C)(=O)=O. The summed E-state index contributed by atoms with van der Waals surface area (Å²) in [5.41, 5.74) is 1.73. The number of amides is 2. The maximum Gasteiger partial charge on any atom is 0.243 e. The molecule has 0 saturated carbocycles. The predicted molar refractivity (Wildman–Crippen MR) is 123 cm³/mol. The second-order valence-corrected chi connectivity index (χ2v) is 9.61. The van der Waals surface area contributed by atoms with Gasteiger partial charge in [-0.3, -0.25) is 9.59 Å². The molecule has 0 fully saturated rings. The summed E-state index contributed by atoms with van der Waals surface area (Å²) in [6, 6.07) is 17.9. The highest BCUT2D eigenvalue weighted by Gasteiger charge is 2.31. The first-order valence-electron chi connectivity index (χ1n) is 10.3. The lowest BCUT2D eigenvalue weighted by molar-refractivity contribution is -0.141. The molecular formula is C23H31N3O5S. The third-order valence-electron chi connectivity index (χ3n) is 5.00. The number of ether oxygens (including phenoxy) is 1. The molecule has 0 heterocycles. The third kappa shape index (κ3) is 8.07. The molecule has 0 saturated heterocycles. The molecule has 174 valence electrons. The quantitative estimate of drug-likeness (QED) is 0.481. The van der Waals surface area contributed by atoms with Crippen LogP contribution < -0.4 is 5.32 Å². The van der Waals surface area contributed by atoms with Crippen LogP contribution in [0.15, 0.2) is 60.7 Å². The molecule has 1 unspecified atom stereocenters. The molecule has 2 amide bonds. The summed E-state index contributed by atoms with van der Waals surface area (Å²) in [5, 5.41) is 2.82. The van der Waals surface area contributed by atoms with Gasteiger partial charge in [-0.2, -0.15) is 4.31 Å². The largest absolute Gasteiger partial charge is 0.383 e. The van der Waals surface area contributed by atoms with E-state index >= 15 is 0 Å². The van der Waals surface area contributed by atoms with Crippen molar-refractivity contribution < 1.29 is 22.7 Å². The molecule has 8 nitrogen and oxygen atoms in total.